The van der Waals surface area contributed by atoms with Crippen molar-refractivity contribution in [2.45, 2.75) is 12.1 Å². The van der Waals surface area contributed by atoms with E-state index in [2.05, 4.69) is 0 Å². The molecule has 0 unspecified atom stereocenters. The number of hydrogen-bond acceptors (Lipinski definition) is 4. The standard InChI is InChI=1S/C17H15ClN2O3/c18-12-4-2-1-3-11(12)16-15(19)17(21)20(16)10-5-6-13-14(9-10)23-8-7-22-13/h1-6,9,15-16H,7-8,19H2/t15-,16-/m1/s1. The van der Waals surface area contributed by atoms with Crippen LogP contribution in [0.5, 0.6) is 11.5 Å². The van der Waals surface area contributed by atoms with Crippen molar-refractivity contribution in [2.24, 2.45) is 5.73 Å². The fraction of sp³-hybridized carbons (Fsp3) is 0.235. The van der Waals surface area contributed by atoms with Crippen molar-refractivity contribution in [1.29, 1.82) is 0 Å². The summed E-state index contributed by atoms with van der Waals surface area (Å²) in [6, 6.07) is 12.0. The summed E-state index contributed by atoms with van der Waals surface area (Å²) >= 11 is 6.27. The summed E-state index contributed by atoms with van der Waals surface area (Å²) in [6.07, 6.45) is 0. The summed E-state index contributed by atoms with van der Waals surface area (Å²) in [5.41, 5.74) is 7.60. The number of rotatable bonds is 2. The van der Waals surface area contributed by atoms with E-state index in [9.17, 15) is 4.79 Å². The number of benzene rings is 2. The molecule has 6 heteroatoms. The number of fused-ring (bicyclic) bond motifs is 1. The number of β-lactam (4-membered cyclic amide) rings is 1. The number of hydrogen-bond donors (Lipinski definition) is 1. The molecule has 0 aliphatic carbocycles. The highest BCUT2D eigenvalue weighted by Gasteiger charge is 2.47. The van der Waals surface area contributed by atoms with Crippen LogP contribution in [0.15, 0.2) is 42.5 Å². The van der Waals surface area contributed by atoms with Crippen molar-refractivity contribution in [3.8, 4) is 11.5 Å². The fourth-order valence-electron chi connectivity index (χ4n) is 3.03. The topological polar surface area (TPSA) is 64.8 Å². The molecule has 0 aromatic heterocycles. The van der Waals surface area contributed by atoms with E-state index in [0.29, 0.717) is 29.7 Å². The maximum atomic E-state index is 12.3. The predicted octanol–water partition coefficient (Wildman–Crippen LogP) is 2.53. The van der Waals surface area contributed by atoms with E-state index < -0.39 is 6.04 Å². The average Bonchev–Trinajstić information content (AvgIpc) is 2.59. The van der Waals surface area contributed by atoms with Crippen LogP contribution in [0.25, 0.3) is 0 Å². The van der Waals surface area contributed by atoms with Gasteiger partial charge in [0.25, 0.3) is 0 Å². The van der Waals surface area contributed by atoms with Gasteiger partial charge in [-0.3, -0.25) is 4.79 Å². The number of halogens is 1. The molecule has 5 nitrogen and oxygen atoms in total. The van der Waals surface area contributed by atoms with Gasteiger partial charge in [0.2, 0.25) is 5.91 Å². The normalized spacial score (nSPS) is 22.7. The van der Waals surface area contributed by atoms with E-state index in [0.717, 1.165) is 11.3 Å². The molecule has 2 atom stereocenters. The van der Waals surface area contributed by atoms with E-state index >= 15 is 0 Å². The average molecular weight is 331 g/mol. The highest BCUT2D eigenvalue weighted by Crippen LogP contribution is 2.43. The van der Waals surface area contributed by atoms with Crippen molar-refractivity contribution < 1.29 is 14.3 Å². The van der Waals surface area contributed by atoms with Gasteiger partial charge in [-0.05, 0) is 23.8 Å². The molecule has 1 saturated heterocycles. The van der Waals surface area contributed by atoms with Gasteiger partial charge in [0.05, 0.1) is 6.04 Å². The molecule has 2 aliphatic heterocycles. The third-order valence-corrected chi connectivity index (χ3v) is 4.51. The third kappa shape index (κ3) is 2.24. The Balaban J connectivity index is 1.72. The maximum absolute atomic E-state index is 12.3. The molecule has 23 heavy (non-hydrogen) atoms. The van der Waals surface area contributed by atoms with Gasteiger partial charge in [-0.1, -0.05) is 29.8 Å². The second-order valence-electron chi connectivity index (χ2n) is 5.53. The molecule has 0 spiro atoms. The minimum Gasteiger partial charge on any atom is -0.486 e. The van der Waals surface area contributed by atoms with Crippen LogP contribution >= 0.6 is 11.6 Å². The monoisotopic (exact) mass is 330 g/mol. The van der Waals surface area contributed by atoms with Gasteiger partial charge < -0.3 is 20.1 Å². The lowest BCUT2D eigenvalue weighted by molar-refractivity contribution is -0.126. The van der Waals surface area contributed by atoms with E-state index in [4.69, 9.17) is 26.8 Å². The Kier molecular flexibility index (Phi) is 3.39. The Morgan fingerprint density at radius 1 is 1.09 bits per heavy atom. The number of nitrogens with zero attached hydrogens (tertiary/aromatic N) is 1. The van der Waals surface area contributed by atoms with Crippen LogP contribution in [0.1, 0.15) is 11.6 Å². The highest BCUT2D eigenvalue weighted by molar-refractivity contribution is 6.31. The number of ether oxygens (including phenoxy) is 2. The Labute approximate surface area is 138 Å². The molecule has 0 radical (unpaired) electrons. The maximum Gasteiger partial charge on any atom is 0.247 e. The SMILES string of the molecule is N[C@H]1C(=O)N(c2ccc3c(c2)OCCO3)[C@@H]1c1ccccc1Cl. The molecule has 2 aromatic rings. The summed E-state index contributed by atoms with van der Waals surface area (Å²) in [6.45, 7) is 1.03. The molecular formula is C17H15ClN2O3. The number of anilines is 1. The zero-order valence-corrected chi connectivity index (χ0v) is 13.0. The summed E-state index contributed by atoms with van der Waals surface area (Å²) in [7, 11) is 0. The smallest absolute Gasteiger partial charge is 0.247 e. The van der Waals surface area contributed by atoms with Crippen LogP contribution in [-0.2, 0) is 4.79 Å². The molecule has 1 fully saturated rings. The lowest BCUT2D eigenvalue weighted by Crippen LogP contribution is -2.63. The summed E-state index contributed by atoms with van der Waals surface area (Å²) < 4.78 is 11.1. The largest absolute Gasteiger partial charge is 0.486 e. The van der Waals surface area contributed by atoms with Crippen LogP contribution in [0.3, 0.4) is 0 Å². The van der Waals surface area contributed by atoms with Gasteiger partial charge in [-0.2, -0.15) is 0 Å². The van der Waals surface area contributed by atoms with Gasteiger partial charge in [-0.15, -0.1) is 0 Å². The summed E-state index contributed by atoms with van der Waals surface area (Å²) in [4.78, 5) is 14.0. The zero-order chi connectivity index (χ0) is 16.0. The first-order valence-electron chi connectivity index (χ1n) is 7.39. The van der Waals surface area contributed by atoms with Crippen LogP contribution in [0, 0.1) is 0 Å². The zero-order valence-electron chi connectivity index (χ0n) is 12.2. The summed E-state index contributed by atoms with van der Waals surface area (Å²) in [5, 5.41) is 0.600. The third-order valence-electron chi connectivity index (χ3n) is 4.17. The molecule has 1 amide bonds. The number of amides is 1. The molecule has 2 heterocycles. The van der Waals surface area contributed by atoms with Crippen LogP contribution in [-0.4, -0.2) is 25.2 Å². The van der Waals surface area contributed by atoms with E-state index in [1.54, 1.807) is 11.0 Å². The van der Waals surface area contributed by atoms with Crippen LogP contribution < -0.4 is 20.1 Å². The predicted molar refractivity (Wildman–Crippen MR) is 87.1 cm³/mol. The number of carbonyl (C=O) groups is 1. The second-order valence-corrected chi connectivity index (χ2v) is 5.94. The Bertz CT molecular complexity index is 780. The van der Waals surface area contributed by atoms with Gasteiger partial charge >= 0.3 is 0 Å². The Morgan fingerprint density at radius 3 is 2.61 bits per heavy atom. The number of carbonyl (C=O) groups excluding carboxylic acids is 1. The molecule has 2 aromatic carbocycles. The van der Waals surface area contributed by atoms with Gasteiger partial charge in [0, 0.05) is 16.8 Å². The summed E-state index contributed by atoms with van der Waals surface area (Å²) in [5.74, 6) is 1.19. The molecule has 4 rings (SSSR count). The first-order valence-corrected chi connectivity index (χ1v) is 7.77. The number of nitrogens with two attached hydrogens (primary N) is 1. The van der Waals surface area contributed by atoms with Crippen LogP contribution in [0.4, 0.5) is 5.69 Å². The molecule has 118 valence electrons. The van der Waals surface area contributed by atoms with Crippen molar-refractivity contribution in [3.63, 3.8) is 0 Å². The Morgan fingerprint density at radius 2 is 1.83 bits per heavy atom. The van der Waals surface area contributed by atoms with Gasteiger partial charge in [0.15, 0.2) is 11.5 Å². The lowest BCUT2D eigenvalue weighted by atomic mass is 9.88. The highest BCUT2D eigenvalue weighted by atomic mass is 35.5. The molecule has 2 N–H and O–H groups in total. The van der Waals surface area contributed by atoms with Crippen molar-refractivity contribution >= 4 is 23.2 Å². The molecular weight excluding hydrogens is 316 g/mol. The fourth-order valence-corrected chi connectivity index (χ4v) is 3.28. The van der Waals surface area contributed by atoms with Gasteiger partial charge in [0.1, 0.15) is 19.3 Å². The van der Waals surface area contributed by atoms with E-state index in [1.807, 2.05) is 36.4 Å². The van der Waals surface area contributed by atoms with Gasteiger partial charge in [-0.25, -0.2) is 0 Å². The van der Waals surface area contributed by atoms with Crippen molar-refractivity contribution in [3.05, 3.63) is 53.1 Å². The van der Waals surface area contributed by atoms with E-state index in [1.165, 1.54) is 0 Å². The minimum atomic E-state index is -0.594. The molecule has 2 aliphatic rings. The molecule has 0 bridgehead atoms. The first kappa shape index (κ1) is 14.4. The lowest BCUT2D eigenvalue weighted by Gasteiger charge is -2.46. The quantitative estimate of drug-likeness (QED) is 0.859. The Hall–Kier alpha value is -2.24. The molecule has 0 saturated carbocycles. The minimum absolute atomic E-state index is 0.133. The van der Waals surface area contributed by atoms with Crippen molar-refractivity contribution in [1.82, 2.24) is 0 Å². The second kappa shape index (κ2) is 5.44. The van der Waals surface area contributed by atoms with Crippen LogP contribution in [0.2, 0.25) is 5.02 Å². The van der Waals surface area contributed by atoms with E-state index in [-0.39, 0.29) is 11.9 Å². The first-order chi connectivity index (χ1) is 11.2. The van der Waals surface area contributed by atoms with Crippen molar-refractivity contribution in [2.75, 3.05) is 18.1 Å².